The molecule has 0 spiro atoms. The van der Waals surface area contributed by atoms with Gasteiger partial charge in [-0.15, -0.1) is 12.4 Å². The summed E-state index contributed by atoms with van der Waals surface area (Å²) in [5.74, 6) is 1.76. The van der Waals surface area contributed by atoms with E-state index in [0.29, 0.717) is 24.5 Å². The molecule has 0 aromatic heterocycles. The summed E-state index contributed by atoms with van der Waals surface area (Å²) >= 11 is 0. The molecule has 1 aliphatic heterocycles. The standard InChI is InChI=1S/C23H28N2O2.ClH/c1-24-15-19-8-5-13-25(19)23(26)22-14-21(22)18-9-11-20(12-10-18)27-16-17-6-3-2-4-7-17;/h2-4,6-7,9-12,19,21-22,24H,5,8,13-16H2,1H3;1H. The number of carbonyl (C=O) groups is 1. The van der Waals surface area contributed by atoms with Gasteiger partial charge in [-0.2, -0.15) is 0 Å². The summed E-state index contributed by atoms with van der Waals surface area (Å²) in [4.78, 5) is 15.0. The number of amides is 1. The van der Waals surface area contributed by atoms with E-state index in [1.807, 2.05) is 37.4 Å². The molecule has 1 saturated carbocycles. The lowest BCUT2D eigenvalue weighted by Crippen LogP contribution is -2.41. The minimum atomic E-state index is 0. The van der Waals surface area contributed by atoms with Crippen LogP contribution < -0.4 is 10.1 Å². The van der Waals surface area contributed by atoms with Crippen LogP contribution in [0.1, 0.15) is 36.3 Å². The van der Waals surface area contributed by atoms with Crippen molar-refractivity contribution < 1.29 is 9.53 Å². The molecule has 2 aromatic rings. The molecule has 1 heterocycles. The van der Waals surface area contributed by atoms with Crippen molar-refractivity contribution in [3.05, 3.63) is 65.7 Å². The fourth-order valence-corrected chi connectivity index (χ4v) is 4.18. The van der Waals surface area contributed by atoms with Gasteiger partial charge in [0.25, 0.3) is 0 Å². The summed E-state index contributed by atoms with van der Waals surface area (Å²) in [6, 6.07) is 18.8. The van der Waals surface area contributed by atoms with Crippen molar-refractivity contribution in [1.82, 2.24) is 10.2 Å². The van der Waals surface area contributed by atoms with Gasteiger partial charge in [0.05, 0.1) is 0 Å². The van der Waals surface area contributed by atoms with Crippen LogP contribution in [-0.4, -0.2) is 37.0 Å². The Morgan fingerprint density at radius 3 is 2.61 bits per heavy atom. The van der Waals surface area contributed by atoms with E-state index in [4.69, 9.17) is 4.74 Å². The molecule has 0 bridgehead atoms. The van der Waals surface area contributed by atoms with Gasteiger partial charge in [-0.1, -0.05) is 42.5 Å². The van der Waals surface area contributed by atoms with Crippen molar-refractivity contribution in [2.24, 2.45) is 5.92 Å². The number of likely N-dealkylation sites (N-methyl/N-ethyl adjacent to an activating group) is 1. The first-order valence-corrected chi connectivity index (χ1v) is 9.98. The molecule has 3 unspecified atom stereocenters. The molecule has 1 amide bonds. The second-order valence-electron chi connectivity index (χ2n) is 7.68. The van der Waals surface area contributed by atoms with E-state index in [0.717, 1.165) is 43.7 Å². The number of hydrogen-bond donors (Lipinski definition) is 1. The van der Waals surface area contributed by atoms with E-state index in [1.165, 1.54) is 5.56 Å². The van der Waals surface area contributed by atoms with Crippen LogP contribution in [0.5, 0.6) is 5.75 Å². The largest absolute Gasteiger partial charge is 0.489 e. The summed E-state index contributed by atoms with van der Waals surface area (Å²) in [6.07, 6.45) is 3.23. The van der Waals surface area contributed by atoms with E-state index >= 15 is 0 Å². The number of rotatable bonds is 7. The average molecular weight is 401 g/mol. The van der Waals surface area contributed by atoms with Crippen molar-refractivity contribution in [2.45, 2.75) is 37.8 Å². The predicted octanol–water partition coefficient (Wildman–Crippen LogP) is 4.00. The van der Waals surface area contributed by atoms with Crippen LogP contribution in [0.4, 0.5) is 0 Å². The lowest BCUT2D eigenvalue weighted by Gasteiger charge is -2.24. The van der Waals surface area contributed by atoms with E-state index in [2.05, 4.69) is 34.5 Å². The van der Waals surface area contributed by atoms with Crippen LogP contribution in [0.25, 0.3) is 0 Å². The molecular formula is C23H29ClN2O2. The van der Waals surface area contributed by atoms with Crippen molar-refractivity contribution in [1.29, 1.82) is 0 Å². The van der Waals surface area contributed by atoms with Gasteiger partial charge >= 0.3 is 0 Å². The third kappa shape index (κ3) is 4.68. The lowest BCUT2D eigenvalue weighted by molar-refractivity contribution is -0.133. The highest BCUT2D eigenvalue weighted by Crippen LogP contribution is 2.49. The fourth-order valence-electron chi connectivity index (χ4n) is 4.18. The zero-order chi connectivity index (χ0) is 18.6. The summed E-state index contributed by atoms with van der Waals surface area (Å²) in [6.45, 7) is 2.39. The van der Waals surface area contributed by atoms with Crippen LogP contribution >= 0.6 is 12.4 Å². The van der Waals surface area contributed by atoms with E-state index in [1.54, 1.807) is 0 Å². The lowest BCUT2D eigenvalue weighted by atomic mass is 10.1. The molecule has 5 heteroatoms. The highest BCUT2D eigenvalue weighted by molar-refractivity contribution is 5.85. The second-order valence-corrected chi connectivity index (χ2v) is 7.68. The molecule has 1 saturated heterocycles. The molecule has 4 rings (SSSR count). The Balaban J connectivity index is 0.00000225. The van der Waals surface area contributed by atoms with Crippen LogP contribution in [0, 0.1) is 5.92 Å². The third-order valence-corrected chi connectivity index (χ3v) is 5.76. The van der Waals surface area contributed by atoms with Gasteiger partial charge in [0, 0.05) is 25.0 Å². The molecule has 0 radical (unpaired) electrons. The minimum Gasteiger partial charge on any atom is -0.489 e. The molecule has 150 valence electrons. The Kier molecular flexibility index (Phi) is 6.97. The van der Waals surface area contributed by atoms with Crippen molar-refractivity contribution >= 4 is 18.3 Å². The number of hydrogen-bond acceptors (Lipinski definition) is 3. The van der Waals surface area contributed by atoms with Crippen LogP contribution in [0.15, 0.2) is 54.6 Å². The normalized spacial score (nSPS) is 23.2. The van der Waals surface area contributed by atoms with Gasteiger partial charge in [-0.3, -0.25) is 4.79 Å². The fraction of sp³-hybridized carbons (Fsp3) is 0.435. The number of likely N-dealkylation sites (tertiary alicyclic amines) is 1. The molecule has 4 nitrogen and oxygen atoms in total. The highest BCUT2D eigenvalue weighted by atomic mass is 35.5. The Labute approximate surface area is 173 Å². The van der Waals surface area contributed by atoms with E-state index < -0.39 is 0 Å². The molecule has 28 heavy (non-hydrogen) atoms. The Morgan fingerprint density at radius 1 is 1.14 bits per heavy atom. The smallest absolute Gasteiger partial charge is 0.226 e. The minimum absolute atomic E-state index is 0. The number of nitrogens with one attached hydrogen (secondary N) is 1. The maximum Gasteiger partial charge on any atom is 0.226 e. The zero-order valence-electron chi connectivity index (χ0n) is 16.3. The Hall–Kier alpha value is -2.04. The summed E-state index contributed by atoms with van der Waals surface area (Å²) in [5.41, 5.74) is 2.42. The van der Waals surface area contributed by atoms with Crippen molar-refractivity contribution in [3.63, 3.8) is 0 Å². The van der Waals surface area contributed by atoms with Gasteiger partial charge in [0.2, 0.25) is 5.91 Å². The summed E-state index contributed by atoms with van der Waals surface area (Å²) in [7, 11) is 1.96. The molecule has 2 fully saturated rings. The molecular weight excluding hydrogens is 372 g/mol. The molecule has 3 atom stereocenters. The van der Waals surface area contributed by atoms with Gasteiger partial charge in [0.1, 0.15) is 12.4 Å². The van der Waals surface area contributed by atoms with Crippen LogP contribution in [-0.2, 0) is 11.4 Å². The monoisotopic (exact) mass is 400 g/mol. The number of nitrogens with zero attached hydrogens (tertiary/aromatic N) is 1. The Bertz CT molecular complexity index is 766. The molecule has 2 aromatic carbocycles. The first-order chi connectivity index (χ1) is 13.3. The number of benzene rings is 2. The number of carbonyl (C=O) groups excluding carboxylic acids is 1. The topological polar surface area (TPSA) is 41.6 Å². The first kappa shape index (κ1) is 20.7. The second kappa shape index (κ2) is 9.44. The van der Waals surface area contributed by atoms with Gasteiger partial charge in [-0.25, -0.2) is 0 Å². The maximum atomic E-state index is 12.9. The van der Waals surface area contributed by atoms with Crippen LogP contribution in [0.3, 0.4) is 0 Å². The first-order valence-electron chi connectivity index (χ1n) is 9.98. The molecule has 1 aliphatic carbocycles. The number of halogens is 1. The SMILES string of the molecule is CNCC1CCCN1C(=O)C1CC1c1ccc(OCc2ccccc2)cc1.Cl. The quantitative estimate of drug-likeness (QED) is 0.763. The van der Waals surface area contributed by atoms with E-state index in [-0.39, 0.29) is 18.3 Å². The predicted molar refractivity (Wildman–Crippen MR) is 114 cm³/mol. The number of ether oxygens (including phenoxy) is 1. The zero-order valence-corrected chi connectivity index (χ0v) is 17.2. The maximum absolute atomic E-state index is 12.9. The van der Waals surface area contributed by atoms with Crippen molar-refractivity contribution in [2.75, 3.05) is 20.1 Å². The van der Waals surface area contributed by atoms with Gasteiger partial charge < -0.3 is 15.0 Å². The van der Waals surface area contributed by atoms with Gasteiger partial charge in [-0.05, 0) is 55.5 Å². The van der Waals surface area contributed by atoms with E-state index in [9.17, 15) is 4.79 Å². The van der Waals surface area contributed by atoms with Gasteiger partial charge in [0.15, 0.2) is 0 Å². The molecule has 1 N–H and O–H groups in total. The summed E-state index contributed by atoms with van der Waals surface area (Å²) < 4.78 is 5.86. The van der Waals surface area contributed by atoms with Crippen molar-refractivity contribution in [3.8, 4) is 5.75 Å². The average Bonchev–Trinajstić information content (AvgIpc) is 3.38. The Morgan fingerprint density at radius 2 is 1.89 bits per heavy atom. The highest BCUT2D eigenvalue weighted by Gasteiger charge is 2.47. The third-order valence-electron chi connectivity index (χ3n) is 5.76. The summed E-state index contributed by atoms with van der Waals surface area (Å²) in [5, 5.41) is 3.22. The molecule has 2 aliphatic rings. The van der Waals surface area contributed by atoms with Crippen LogP contribution in [0.2, 0.25) is 0 Å².